The van der Waals surface area contributed by atoms with E-state index in [1.165, 1.54) is 0 Å². The molecular weight excluding hydrogens is 261 g/mol. The van der Waals surface area contributed by atoms with Crippen LogP contribution < -0.4 is 5.32 Å². The van der Waals surface area contributed by atoms with Crippen molar-refractivity contribution in [3.63, 3.8) is 0 Å². The van der Waals surface area contributed by atoms with Gasteiger partial charge in [-0.25, -0.2) is 0 Å². The quantitative estimate of drug-likeness (QED) is 0.914. The second kappa shape index (κ2) is 5.81. The number of amides is 1. The zero-order valence-corrected chi connectivity index (χ0v) is 10.4. The minimum atomic E-state index is -4.49. The predicted molar refractivity (Wildman–Crippen MR) is 61.4 cm³/mol. The van der Waals surface area contributed by atoms with Crippen molar-refractivity contribution in [1.29, 1.82) is 0 Å². The highest BCUT2D eigenvalue weighted by Crippen LogP contribution is 2.28. The lowest BCUT2D eigenvalue weighted by Crippen LogP contribution is -2.32. The maximum atomic E-state index is 12.3. The molecule has 19 heavy (non-hydrogen) atoms. The Kier molecular flexibility index (Phi) is 4.63. The van der Waals surface area contributed by atoms with Crippen molar-refractivity contribution in [3.05, 3.63) is 29.6 Å². The summed E-state index contributed by atoms with van der Waals surface area (Å²) in [5.74, 6) is -1.07. The molecular formula is C12H13F3N2O2. The highest BCUT2D eigenvalue weighted by molar-refractivity contribution is 5.95. The number of rotatable bonds is 4. The maximum Gasteiger partial charge on any atom is 0.417 e. The van der Waals surface area contributed by atoms with Gasteiger partial charge in [0.1, 0.15) is 5.69 Å². The number of nitrogens with zero attached hydrogens (tertiary/aromatic N) is 1. The first-order valence-electron chi connectivity index (χ1n) is 5.56. The molecule has 0 saturated heterocycles. The SMILES string of the molecule is CC(C)C(=O)CNC(=O)c1ccc(C(F)(F)F)cn1. The third kappa shape index (κ3) is 4.35. The summed E-state index contributed by atoms with van der Waals surface area (Å²) in [6.45, 7) is 3.20. The van der Waals surface area contributed by atoms with E-state index < -0.39 is 17.6 Å². The molecule has 1 heterocycles. The Hall–Kier alpha value is -1.92. The van der Waals surface area contributed by atoms with Crippen LogP contribution in [-0.4, -0.2) is 23.2 Å². The van der Waals surface area contributed by atoms with Gasteiger partial charge in [0.05, 0.1) is 12.1 Å². The second-order valence-corrected chi connectivity index (χ2v) is 4.23. The average Bonchev–Trinajstić information content (AvgIpc) is 2.34. The lowest BCUT2D eigenvalue weighted by Gasteiger charge is -2.08. The van der Waals surface area contributed by atoms with E-state index in [9.17, 15) is 22.8 Å². The molecule has 0 aliphatic carbocycles. The third-order valence-electron chi connectivity index (χ3n) is 2.39. The molecule has 7 heteroatoms. The van der Waals surface area contributed by atoms with Crippen molar-refractivity contribution in [2.75, 3.05) is 6.54 Å². The number of hydrogen-bond donors (Lipinski definition) is 1. The van der Waals surface area contributed by atoms with Crippen molar-refractivity contribution in [3.8, 4) is 0 Å². The van der Waals surface area contributed by atoms with Gasteiger partial charge in [0.25, 0.3) is 5.91 Å². The van der Waals surface area contributed by atoms with Gasteiger partial charge in [0.2, 0.25) is 0 Å². The van der Waals surface area contributed by atoms with E-state index in [4.69, 9.17) is 0 Å². The van der Waals surface area contributed by atoms with Crippen molar-refractivity contribution < 1.29 is 22.8 Å². The van der Waals surface area contributed by atoms with Crippen LogP contribution in [0.1, 0.15) is 29.9 Å². The first kappa shape index (κ1) is 15.1. The number of pyridine rings is 1. The van der Waals surface area contributed by atoms with Crippen LogP contribution in [0.2, 0.25) is 0 Å². The molecule has 0 saturated carbocycles. The van der Waals surface area contributed by atoms with Crippen LogP contribution in [0.15, 0.2) is 18.3 Å². The Balaban J connectivity index is 2.66. The third-order valence-corrected chi connectivity index (χ3v) is 2.39. The van der Waals surface area contributed by atoms with Crippen LogP contribution in [0.5, 0.6) is 0 Å². The van der Waals surface area contributed by atoms with E-state index >= 15 is 0 Å². The molecule has 0 fully saturated rings. The summed E-state index contributed by atoms with van der Waals surface area (Å²) in [5, 5.41) is 2.31. The summed E-state index contributed by atoms with van der Waals surface area (Å²) in [6.07, 6.45) is -3.91. The molecule has 0 aliphatic heterocycles. The van der Waals surface area contributed by atoms with Gasteiger partial charge in [0.15, 0.2) is 5.78 Å². The lowest BCUT2D eigenvalue weighted by atomic mass is 10.1. The van der Waals surface area contributed by atoms with Gasteiger partial charge in [-0.15, -0.1) is 0 Å². The van der Waals surface area contributed by atoms with Gasteiger partial charge in [-0.3, -0.25) is 14.6 Å². The molecule has 0 aromatic carbocycles. The van der Waals surface area contributed by atoms with Crippen molar-refractivity contribution in [2.45, 2.75) is 20.0 Å². The average molecular weight is 274 g/mol. The Morgan fingerprint density at radius 1 is 1.32 bits per heavy atom. The number of carbonyl (C=O) groups is 2. The summed E-state index contributed by atoms with van der Waals surface area (Å²) in [4.78, 5) is 26.2. The smallest absolute Gasteiger partial charge is 0.344 e. The standard InChI is InChI=1S/C12H13F3N2O2/c1-7(2)10(18)6-17-11(19)9-4-3-8(5-16-9)12(13,14)15/h3-5,7H,6H2,1-2H3,(H,17,19). The first-order valence-corrected chi connectivity index (χ1v) is 5.56. The topological polar surface area (TPSA) is 59.1 Å². The van der Waals surface area contributed by atoms with Crippen LogP contribution in [0.4, 0.5) is 13.2 Å². The van der Waals surface area contributed by atoms with E-state index in [1.807, 2.05) is 0 Å². The number of nitrogens with one attached hydrogen (secondary N) is 1. The van der Waals surface area contributed by atoms with Crippen LogP contribution in [0.3, 0.4) is 0 Å². The molecule has 0 unspecified atom stereocenters. The van der Waals surface area contributed by atoms with E-state index in [1.54, 1.807) is 13.8 Å². The largest absolute Gasteiger partial charge is 0.417 e. The maximum absolute atomic E-state index is 12.3. The molecule has 1 amide bonds. The van der Waals surface area contributed by atoms with Gasteiger partial charge < -0.3 is 5.32 Å². The summed E-state index contributed by atoms with van der Waals surface area (Å²) in [7, 11) is 0. The normalized spacial score (nSPS) is 11.5. The van der Waals surface area contributed by atoms with Crippen LogP contribution in [0, 0.1) is 5.92 Å². The molecule has 0 radical (unpaired) electrons. The number of aromatic nitrogens is 1. The Morgan fingerprint density at radius 2 is 1.95 bits per heavy atom. The van der Waals surface area contributed by atoms with Gasteiger partial charge in [0, 0.05) is 12.1 Å². The fraction of sp³-hybridized carbons (Fsp3) is 0.417. The lowest BCUT2D eigenvalue weighted by molar-refractivity contribution is -0.137. The molecule has 0 atom stereocenters. The minimum absolute atomic E-state index is 0.162. The zero-order chi connectivity index (χ0) is 14.6. The zero-order valence-electron chi connectivity index (χ0n) is 10.4. The van der Waals surface area contributed by atoms with E-state index in [2.05, 4.69) is 10.3 Å². The highest BCUT2D eigenvalue weighted by atomic mass is 19.4. The Bertz CT molecular complexity index is 467. The number of hydrogen-bond acceptors (Lipinski definition) is 3. The van der Waals surface area contributed by atoms with Crippen LogP contribution in [0.25, 0.3) is 0 Å². The fourth-order valence-corrected chi connectivity index (χ4v) is 1.16. The summed E-state index contributed by atoms with van der Waals surface area (Å²) in [6, 6.07) is 1.74. The molecule has 4 nitrogen and oxygen atoms in total. The molecule has 0 spiro atoms. The number of ketones is 1. The van der Waals surface area contributed by atoms with Gasteiger partial charge in [-0.1, -0.05) is 13.8 Å². The van der Waals surface area contributed by atoms with Crippen molar-refractivity contribution in [2.24, 2.45) is 5.92 Å². The van der Waals surface area contributed by atoms with E-state index in [0.717, 1.165) is 12.1 Å². The summed E-state index contributed by atoms with van der Waals surface area (Å²) < 4.78 is 36.8. The molecule has 1 N–H and O–H groups in total. The summed E-state index contributed by atoms with van der Waals surface area (Å²) >= 11 is 0. The number of Topliss-reactive ketones (excluding diaryl/α,β-unsaturated/α-hetero) is 1. The number of alkyl halides is 3. The van der Waals surface area contributed by atoms with Crippen LogP contribution in [-0.2, 0) is 11.0 Å². The molecule has 1 aromatic rings. The number of halogens is 3. The Morgan fingerprint density at radius 3 is 2.37 bits per heavy atom. The monoisotopic (exact) mass is 274 g/mol. The second-order valence-electron chi connectivity index (χ2n) is 4.23. The van der Waals surface area contributed by atoms with Crippen LogP contribution >= 0.6 is 0 Å². The van der Waals surface area contributed by atoms with Gasteiger partial charge >= 0.3 is 6.18 Å². The van der Waals surface area contributed by atoms with Crippen molar-refractivity contribution in [1.82, 2.24) is 10.3 Å². The van der Waals surface area contributed by atoms with Gasteiger partial charge in [-0.05, 0) is 12.1 Å². The Labute approximate surface area is 108 Å². The van der Waals surface area contributed by atoms with Gasteiger partial charge in [-0.2, -0.15) is 13.2 Å². The fourth-order valence-electron chi connectivity index (χ4n) is 1.16. The van der Waals surface area contributed by atoms with E-state index in [-0.39, 0.29) is 23.9 Å². The molecule has 0 aliphatic rings. The van der Waals surface area contributed by atoms with E-state index in [0.29, 0.717) is 6.20 Å². The number of carbonyl (C=O) groups excluding carboxylic acids is 2. The first-order chi connectivity index (χ1) is 8.71. The highest BCUT2D eigenvalue weighted by Gasteiger charge is 2.30. The summed E-state index contributed by atoms with van der Waals surface area (Å²) in [5.41, 5.74) is -1.09. The molecule has 1 aromatic heterocycles. The minimum Gasteiger partial charge on any atom is -0.344 e. The molecule has 1 rings (SSSR count). The predicted octanol–water partition coefficient (Wildman–Crippen LogP) is 2.06. The molecule has 104 valence electrons. The van der Waals surface area contributed by atoms with Crippen molar-refractivity contribution >= 4 is 11.7 Å². The molecule has 0 bridgehead atoms.